The van der Waals surface area contributed by atoms with Gasteiger partial charge in [0.05, 0.1) is 10.6 Å². The summed E-state index contributed by atoms with van der Waals surface area (Å²) in [5.74, 6) is -2.87. The Hall–Kier alpha value is -1.17. The maximum Gasteiger partial charge on any atom is 0.341 e. The first kappa shape index (κ1) is 14.2. The maximum atomic E-state index is 12.7. The van der Waals surface area contributed by atoms with Crippen LogP contribution in [-0.4, -0.2) is 20.2 Å². The Morgan fingerprint density at radius 2 is 1.95 bits per heavy atom. The summed E-state index contributed by atoms with van der Waals surface area (Å²) in [6.45, 7) is 2.00. The van der Waals surface area contributed by atoms with Gasteiger partial charge in [-0.25, -0.2) is 8.42 Å². The van der Waals surface area contributed by atoms with Gasteiger partial charge in [0.25, 0.3) is 0 Å². The molecule has 0 aromatic heterocycles. The number of halogens is 2. The van der Waals surface area contributed by atoms with Crippen molar-refractivity contribution in [3.63, 3.8) is 0 Å². The number of hydrogen-bond acceptors (Lipinski definition) is 3. The molecule has 1 aromatic carbocycles. The molecule has 1 atom stereocenters. The summed E-state index contributed by atoms with van der Waals surface area (Å²) in [6, 6.07) is 6.02. The van der Waals surface area contributed by atoms with Gasteiger partial charge in [-0.1, -0.05) is 19.1 Å². The molecule has 1 saturated carbocycles. The Kier molecular flexibility index (Phi) is 4.08. The molecule has 0 bridgehead atoms. The van der Waals surface area contributed by atoms with E-state index in [1.807, 2.05) is 6.92 Å². The summed E-state index contributed by atoms with van der Waals surface area (Å²) in [4.78, 5) is -0.316. The van der Waals surface area contributed by atoms with Crippen molar-refractivity contribution >= 4 is 15.5 Å². The van der Waals surface area contributed by atoms with Crippen LogP contribution in [0.15, 0.2) is 29.2 Å². The van der Waals surface area contributed by atoms with Crippen molar-refractivity contribution in [3.05, 3.63) is 24.3 Å². The number of anilines is 1. The van der Waals surface area contributed by atoms with Crippen LogP contribution in [0.2, 0.25) is 0 Å². The highest BCUT2D eigenvalue weighted by Gasteiger charge is 2.33. The normalized spacial score (nSPS) is 17.5. The van der Waals surface area contributed by atoms with Crippen LogP contribution in [0, 0.1) is 5.92 Å². The fourth-order valence-electron chi connectivity index (χ4n) is 2.18. The number of hydrogen-bond donors (Lipinski definition) is 1. The Bertz CT molecular complexity index is 541. The second-order valence-electron chi connectivity index (χ2n) is 4.80. The maximum absolute atomic E-state index is 12.7. The molecule has 0 radical (unpaired) electrons. The number of rotatable bonds is 6. The molecule has 0 heterocycles. The second-order valence-corrected chi connectivity index (χ2v) is 6.68. The Balaban J connectivity index is 2.30. The fourth-order valence-corrected chi connectivity index (χ4v) is 3.08. The summed E-state index contributed by atoms with van der Waals surface area (Å²) in [5, 5.41) is 3.11. The van der Waals surface area contributed by atoms with Crippen LogP contribution < -0.4 is 5.32 Å². The minimum absolute atomic E-state index is 0.147. The van der Waals surface area contributed by atoms with Crippen molar-refractivity contribution in [1.29, 1.82) is 0 Å². The van der Waals surface area contributed by atoms with E-state index in [-0.39, 0.29) is 16.6 Å². The van der Waals surface area contributed by atoms with E-state index in [9.17, 15) is 17.2 Å². The van der Waals surface area contributed by atoms with Crippen molar-refractivity contribution in [3.8, 4) is 0 Å². The van der Waals surface area contributed by atoms with Gasteiger partial charge in [0.1, 0.15) is 0 Å². The highest BCUT2D eigenvalue weighted by atomic mass is 32.2. The fraction of sp³-hybridized carbons (Fsp3) is 0.538. The topological polar surface area (TPSA) is 46.2 Å². The number of sulfone groups is 1. The van der Waals surface area contributed by atoms with Crippen LogP contribution in [0.5, 0.6) is 0 Å². The van der Waals surface area contributed by atoms with E-state index < -0.39 is 15.6 Å². The predicted molar refractivity (Wildman–Crippen MR) is 70.1 cm³/mol. The molecule has 1 aromatic rings. The lowest BCUT2D eigenvalue weighted by atomic mass is 10.1. The summed E-state index contributed by atoms with van der Waals surface area (Å²) >= 11 is 0. The van der Waals surface area contributed by atoms with Crippen LogP contribution in [0.3, 0.4) is 0 Å². The van der Waals surface area contributed by atoms with Gasteiger partial charge in [0.2, 0.25) is 9.84 Å². The molecule has 0 saturated heterocycles. The molecule has 1 N–H and O–H groups in total. The first-order valence-corrected chi connectivity index (χ1v) is 7.89. The Morgan fingerprint density at radius 1 is 1.32 bits per heavy atom. The molecule has 0 spiro atoms. The number of benzene rings is 1. The van der Waals surface area contributed by atoms with Crippen molar-refractivity contribution in [1.82, 2.24) is 0 Å². The monoisotopic (exact) mass is 289 g/mol. The smallest absolute Gasteiger partial charge is 0.341 e. The van der Waals surface area contributed by atoms with Gasteiger partial charge in [-0.3, -0.25) is 0 Å². The largest absolute Gasteiger partial charge is 0.381 e. The van der Waals surface area contributed by atoms with Crippen LogP contribution in [0.1, 0.15) is 26.2 Å². The second kappa shape index (κ2) is 5.45. The third-order valence-electron chi connectivity index (χ3n) is 3.40. The molecule has 0 amide bonds. The molecular weight excluding hydrogens is 272 g/mol. The molecular formula is C13H17F2NO2S. The minimum Gasteiger partial charge on any atom is -0.381 e. The average Bonchev–Trinajstić information content (AvgIpc) is 3.20. The van der Waals surface area contributed by atoms with Gasteiger partial charge in [-0.05, 0) is 37.3 Å². The van der Waals surface area contributed by atoms with Gasteiger partial charge < -0.3 is 5.32 Å². The number of para-hydroxylation sites is 1. The lowest BCUT2D eigenvalue weighted by Gasteiger charge is -2.20. The average molecular weight is 289 g/mol. The van der Waals surface area contributed by atoms with E-state index in [0.29, 0.717) is 5.92 Å². The third-order valence-corrected chi connectivity index (χ3v) is 4.84. The van der Waals surface area contributed by atoms with Crippen LogP contribution in [0.4, 0.5) is 14.5 Å². The standard InChI is InChI=1S/C13H17F2NO2S/c1-2-10(9-7-8-9)16-11-5-3-4-6-12(11)19(17,18)13(14)15/h3-6,9-10,13,16H,2,7-8H2,1H3. The van der Waals surface area contributed by atoms with Gasteiger partial charge in [0, 0.05) is 6.04 Å². The predicted octanol–water partition coefficient (Wildman–Crippen LogP) is 3.28. The zero-order valence-electron chi connectivity index (χ0n) is 10.6. The zero-order chi connectivity index (χ0) is 14.0. The van der Waals surface area contributed by atoms with Gasteiger partial charge in [-0.15, -0.1) is 0 Å². The summed E-state index contributed by atoms with van der Waals surface area (Å²) in [6.07, 6.45) is 3.05. The first-order valence-electron chi connectivity index (χ1n) is 6.34. The lowest BCUT2D eigenvalue weighted by molar-refractivity contribution is 0.235. The van der Waals surface area contributed by atoms with Gasteiger partial charge >= 0.3 is 5.76 Å². The molecule has 1 aliphatic carbocycles. The molecule has 6 heteroatoms. The van der Waals surface area contributed by atoms with Crippen LogP contribution in [0.25, 0.3) is 0 Å². The highest BCUT2D eigenvalue weighted by molar-refractivity contribution is 7.91. The Morgan fingerprint density at radius 3 is 2.47 bits per heavy atom. The Labute approximate surface area is 111 Å². The summed E-state index contributed by atoms with van der Waals surface area (Å²) in [7, 11) is -4.56. The summed E-state index contributed by atoms with van der Waals surface area (Å²) in [5.41, 5.74) is 0.279. The van der Waals surface area contributed by atoms with Crippen molar-refractivity contribution in [2.45, 2.75) is 42.9 Å². The molecule has 1 aliphatic rings. The molecule has 1 unspecified atom stereocenters. The lowest BCUT2D eigenvalue weighted by Crippen LogP contribution is -2.23. The van der Waals surface area contributed by atoms with Crippen molar-refractivity contribution < 1.29 is 17.2 Å². The quantitative estimate of drug-likeness (QED) is 0.874. The molecule has 3 nitrogen and oxygen atoms in total. The van der Waals surface area contributed by atoms with E-state index in [0.717, 1.165) is 19.3 Å². The van der Waals surface area contributed by atoms with E-state index >= 15 is 0 Å². The SMILES string of the molecule is CCC(Nc1ccccc1S(=O)(=O)C(F)F)C1CC1. The van der Waals surface area contributed by atoms with Crippen LogP contribution in [-0.2, 0) is 9.84 Å². The third kappa shape index (κ3) is 3.05. The van der Waals surface area contributed by atoms with Crippen molar-refractivity contribution in [2.24, 2.45) is 5.92 Å². The molecule has 19 heavy (non-hydrogen) atoms. The molecule has 0 aliphatic heterocycles. The minimum atomic E-state index is -4.56. The number of nitrogens with one attached hydrogen (secondary N) is 1. The van der Waals surface area contributed by atoms with E-state index in [4.69, 9.17) is 0 Å². The molecule has 2 rings (SSSR count). The zero-order valence-corrected chi connectivity index (χ0v) is 11.5. The van der Waals surface area contributed by atoms with Crippen molar-refractivity contribution in [2.75, 3.05) is 5.32 Å². The van der Waals surface area contributed by atoms with Gasteiger partial charge in [-0.2, -0.15) is 8.78 Å². The molecule has 1 fully saturated rings. The van der Waals surface area contributed by atoms with E-state index in [2.05, 4.69) is 5.32 Å². The molecule has 106 valence electrons. The highest BCUT2D eigenvalue weighted by Crippen LogP contribution is 2.37. The van der Waals surface area contributed by atoms with E-state index in [1.54, 1.807) is 12.1 Å². The number of alkyl halides is 2. The first-order chi connectivity index (χ1) is 8.96. The van der Waals surface area contributed by atoms with Crippen LogP contribution >= 0.6 is 0 Å². The van der Waals surface area contributed by atoms with Gasteiger partial charge in [0.15, 0.2) is 0 Å². The van der Waals surface area contributed by atoms with E-state index in [1.165, 1.54) is 12.1 Å². The summed E-state index contributed by atoms with van der Waals surface area (Å²) < 4.78 is 48.5.